The summed E-state index contributed by atoms with van der Waals surface area (Å²) in [6.45, 7) is 3.64. The third-order valence-corrected chi connectivity index (χ3v) is 1.35. The summed E-state index contributed by atoms with van der Waals surface area (Å²) in [6.07, 6.45) is 0.295. The number of aryl methyl sites for hydroxylation is 1. The molecule has 0 bridgehead atoms. The van der Waals surface area contributed by atoms with E-state index >= 15 is 0 Å². The number of aliphatic hydroxyl groups is 1. The van der Waals surface area contributed by atoms with Crippen LogP contribution in [0.4, 0.5) is 0 Å². The normalized spacial score (nSPS) is 13.5. The minimum absolute atomic E-state index is 0.524. The standard InChI is InChI=1S/C7H11NO2/c1-3-6-4-7(5(2)9)8-10-6/h4-5,9H,3H2,1-2H3. The molecule has 0 spiro atoms. The van der Waals surface area contributed by atoms with Crippen LogP contribution in [0.2, 0.25) is 0 Å². The molecule has 0 radical (unpaired) electrons. The van der Waals surface area contributed by atoms with Gasteiger partial charge in [-0.05, 0) is 6.92 Å². The van der Waals surface area contributed by atoms with Crippen LogP contribution in [0.25, 0.3) is 0 Å². The van der Waals surface area contributed by atoms with E-state index < -0.39 is 6.10 Å². The molecule has 1 aromatic rings. The van der Waals surface area contributed by atoms with Crippen molar-refractivity contribution in [3.8, 4) is 0 Å². The minimum atomic E-state index is -0.524. The van der Waals surface area contributed by atoms with Gasteiger partial charge in [-0.1, -0.05) is 12.1 Å². The molecule has 0 aromatic carbocycles. The molecule has 56 valence electrons. The van der Waals surface area contributed by atoms with Gasteiger partial charge in [0.1, 0.15) is 11.5 Å². The number of aliphatic hydroxyl groups excluding tert-OH is 1. The lowest BCUT2D eigenvalue weighted by Gasteiger charge is -1.92. The fraction of sp³-hybridized carbons (Fsp3) is 0.571. The Kier molecular flexibility index (Phi) is 2.06. The number of rotatable bonds is 2. The molecule has 0 aliphatic rings. The van der Waals surface area contributed by atoms with Gasteiger partial charge in [0, 0.05) is 12.5 Å². The van der Waals surface area contributed by atoms with Crippen LogP contribution in [-0.2, 0) is 6.42 Å². The molecule has 0 aliphatic carbocycles. The average molecular weight is 141 g/mol. The lowest BCUT2D eigenvalue weighted by Crippen LogP contribution is -1.88. The van der Waals surface area contributed by atoms with Crippen LogP contribution in [0.1, 0.15) is 31.4 Å². The van der Waals surface area contributed by atoms with Crippen molar-refractivity contribution in [2.45, 2.75) is 26.4 Å². The Morgan fingerprint density at radius 1 is 1.80 bits per heavy atom. The number of hydrogen-bond donors (Lipinski definition) is 1. The summed E-state index contributed by atoms with van der Waals surface area (Å²) in [5.41, 5.74) is 0.608. The van der Waals surface area contributed by atoms with Crippen LogP contribution >= 0.6 is 0 Å². The van der Waals surface area contributed by atoms with E-state index in [4.69, 9.17) is 9.63 Å². The van der Waals surface area contributed by atoms with Crippen molar-refractivity contribution in [1.29, 1.82) is 0 Å². The summed E-state index contributed by atoms with van der Waals surface area (Å²) in [4.78, 5) is 0. The molecule has 0 saturated heterocycles. The van der Waals surface area contributed by atoms with Gasteiger partial charge in [-0.3, -0.25) is 0 Å². The second-order valence-electron chi connectivity index (χ2n) is 2.25. The Morgan fingerprint density at radius 2 is 2.50 bits per heavy atom. The molecule has 1 aromatic heterocycles. The fourth-order valence-corrected chi connectivity index (χ4v) is 0.692. The van der Waals surface area contributed by atoms with Gasteiger partial charge < -0.3 is 9.63 Å². The van der Waals surface area contributed by atoms with Gasteiger partial charge >= 0.3 is 0 Å². The number of nitrogens with zero attached hydrogens (tertiary/aromatic N) is 1. The summed E-state index contributed by atoms with van der Waals surface area (Å²) in [5.74, 6) is 0.816. The molecule has 0 amide bonds. The van der Waals surface area contributed by atoms with Crippen LogP contribution in [0.5, 0.6) is 0 Å². The van der Waals surface area contributed by atoms with Gasteiger partial charge in [0.15, 0.2) is 0 Å². The van der Waals surface area contributed by atoms with E-state index in [1.165, 1.54) is 0 Å². The molecule has 10 heavy (non-hydrogen) atoms. The fourth-order valence-electron chi connectivity index (χ4n) is 0.692. The van der Waals surface area contributed by atoms with Crippen molar-refractivity contribution in [1.82, 2.24) is 5.16 Å². The number of aromatic nitrogens is 1. The van der Waals surface area contributed by atoms with Crippen LogP contribution in [0.3, 0.4) is 0 Å². The Labute approximate surface area is 59.7 Å². The zero-order valence-electron chi connectivity index (χ0n) is 6.16. The van der Waals surface area contributed by atoms with Gasteiger partial charge in [-0.15, -0.1) is 0 Å². The highest BCUT2D eigenvalue weighted by Gasteiger charge is 2.06. The molecular formula is C7H11NO2. The van der Waals surface area contributed by atoms with Crippen molar-refractivity contribution in [2.24, 2.45) is 0 Å². The lowest BCUT2D eigenvalue weighted by molar-refractivity contribution is 0.187. The minimum Gasteiger partial charge on any atom is -0.387 e. The summed E-state index contributed by atoms with van der Waals surface area (Å²) < 4.78 is 4.87. The number of hydrogen-bond acceptors (Lipinski definition) is 3. The highest BCUT2D eigenvalue weighted by atomic mass is 16.5. The SMILES string of the molecule is CCc1cc(C(C)O)no1. The molecule has 0 saturated carbocycles. The third kappa shape index (κ3) is 1.36. The van der Waals surface area contributed by atoms with E-state index in [1.807, 2.05) is 6.92 Å². The molecule has 1 N–H and O–H groups in total. The maximum absolute atomic E-state index is 9.01. The quantitative estimate of drug-likeness (QED) is 0.675. The monoisotopic (exact) mass is 141 g/mol. The van der Waals surface area contributed by atoms with Crippen LogP contribution < -0.4 is 0 Å². The zero-order chi connectivity index (χ0) is 7.56. The van der Waals surface area contributed by atoms with Gasteiger partial charge in [0.25, 0.3) is 0 Å². The first-order valence-electron chi connectivity index (χ1n) is 3.37. The molecule has 3 heteroatoms. The molecule has 1 rings (SSSR count). The highest BCUT2D eigenvalue weighted by Crippen LogP contribution is 2.11. The molecule has 1 heterocycles. The highest BCUT2D eigenvalue weighted by molar-refractivity contribution is 5.06. The Hall–Kier alpha value is -0.830. The molecule has 0 aliphatic heterocycles. The van der Waals surface area contributed by atoms with Gasteiger partial charge in [0.05, 0.1) is 6.10 Å². The van der Waals surface area contributed by atoms with Crippen molar-refractivity contribution >= 4 is 0 Å². The Balaban J connectivity index is 2.78. The van der Waals surface area contributed by atoms with Crippen LogP contribution in [-0.4, -0.2) is 10.3 Å². The molecule has 1 unspecified atom stereocenters. The van der Waals surface area contributed by atoms with Crippen molar-refractivity contribution in [3.05, 3.63) is 17.5 Å². The predicted octanol–water partition coefficient (Wildman–Crippen LogP) is 1.29. The predicted molar refractivity (Wildman–Crippen MR) is 36.5 cm³/mol. The topological polar surface area (TPSA) is 46.3 Å². The van der Waals surface area contributed by atoms with Gasteiger partial charge in [0.2, 0.25) is 0 Å². The van der Waals surface area contributed by atoms with E-state index in [0.29, 0.717) is 5.69 Å². The first-order chi connectivity index (χ1) is 4.74. The van der Waals surface area contributed by atoms with E-state index in [0.717, 1.165) is 12.2 Å². The zero-order valence-corrected chi connectivity index (χ0v) is 6.16. The summed E-state index contributed by atoms with van der Waals surface area (Å²) in [6, 6.07) is 1.77. The van der Waals surface area contributed by atoms with E-state index in [-0.39, 0.29) is 0 Å². The van der Waals surface area contributed by atoms with Crippen LogP contribution in [0, 0.1) is 0 Å². The van der Waals surface area contributed by atoms with E-state index in [1.54, 1.807) is 13.0 Å². The van der Waals surface area contributed by atoms with Gasteiger partial charge in [-0.2, -0.15) is 0 Å². The molecule has 1 atom stereocenters. The first kappa shape index (κ1) is 7.28. The maximum atomic E-state index is 9.01. The summed E-state index contributed by atoms with van der Waals surface area (Å²) in [7, 11) is 0. The first-order valence-corrected chi connectivity index (χ1v) is 3.37. The summed E-state index contributed by atoms with van der Waals surface area (Å²) >= 11 is 0. The second kappa shape index (κ2) is 2.84. The Morgan fingerprint density at radius 3 is 2.80 bits per heavy atom. The van der Waals surface area contributed by atoms with Crippen LogP contribution in [0.15, 0.2) is 10.6 Å². The maximum Gasteiger partial charge on any atom is 0.136 e. The van der Waals surface area contributed by atoms with E-state index in [9.17, 15) is 0 Å². The van der Waals surface area contributed by atoms with Crippen molar-refractivity contribution < 1.29 is 9.63 Å². The second-order valence-corrected chi connectivity index (χ2v) is 2.25. The average Bonchev–Trinajstić information content (AvgIpc) is 2.34. The molecule has 3 nitrogen and oxygen atoms in total. The smallest absolute Gasteiger partial charge is 0.136 e. The van der Waals surface area contributed by atoms with Gasteiger partial charge in [-0.25, -0.2) is 0 Å². The molecular weight excluding hydrogens is 130 g/mol. The third-order valence-electron chi connectivity index (χ3n) is 1.35. The van der Waals surface area contributed by atoms with Crippen molar-refractivity contribution in [2.75, 3.05) is 0 Å². The van der Waals surface area contributed by atoms with Crippen molar-refractivity contribution in [3.63, 3.8) is 0 Å². The lowest BCUT2D eigenvalue weighted by atomic mass is 10.2. The van der Waals surface area contributed by atoms with E-state index in [2.05, 4.69) is 5.16 Å². The summed E-state index contributed by atoms with van der Waals surface area (Å²) in [5, 5.41) is 12.7. The molecule has 0 fully saturated rings. The largest absolute Gasteiger partial charge is 0.387 e. The Bertz CT molecular complexity index is 205.